The van der Waals surface area contributed by atoms with E-state index >= 15 is 0 Å². The van der Waals surface area contributed by atoms with Crippen molar-refractivity contribution < 1.29 is 14.6 Å². The minimum Gasteiger partial charge on any atom is -0.319 e. The lowest BCUT2D eigenvalue weighted by atomic mass is 10.4. The lowest BCUT2D eigenvalue weighted by Gasteiger charge is -1.98. The Labute approximate surface area is 84.7 Å². The van der Waals surface area contributed by atoms with Gasteiger partial charge in [0.25, 0.3) is 0 Å². The monoisotopic (exact) mass is 211 g/mol. The number of rotatable bonds is 3. The highest BCUT2D eigenvalue weighted by molar-refractivity contribution is 5.75. The van der Waals surface area contributed by atoms with E-state index in [1.807, 2.05) is 0 Å². The van der Waals surface area contributed by atoms with Crippen LogP contribution in [0.1, 0.15) is 18.5 Å². The number of hydrogen-bond acceptors (Lipinski definition) is 5. The van der Waals surface area contributed by atoms with Crippen molar-refractivity contribution in [2.45, 2.75) is 19.8 Å². The fourth-order valence-electron chi connectivity index (χ4n) is 1.14. The molecular formula is C8H9N3O4. The maximum atomic E-state index is 11.2. The molecule has 7 heteroatoms. The standard InChI is InChI=1S/C8H9N3O4/c1-5-7(11(13)14)4-10(9-5)15-8(12)6-2-3-6/h4,6H,2-3H2,1H3. The van der Waals surface area contributed by atoms with Crippen LogP contribution in [0.5, 0.6) is 0 Å². The molecule has 0 unspecified atom stereocenters. The highest BCUT2D eigenvalue weighted by atomic mass is 16.7. The molecule has 7 nitrogen and oxygen atoms in total. The quantitative estimate of drug-likeness (QED) is 0.535. The molecule has 0 bridgehead atoms. The minimum atomic E-state index is -0.566. The highest BCUT2D eigenvalue weighted by Gasteiger charge is 2.32. The second kappa shape index (κ2) is 3.34. The molecule has 1 aliphatic carbocycles. The molecule has 1 aromatic heterocycles. The van der Waals surface area contributed by atoms with E-state index in [0.29, 0.717) is 0 Å². The second-order valence-electron chi connectivity index (χ2n) is 3.44. The van der Waals surface area contributed by atoms with Gasteiger partial charge in [0, 0.05) is 0 Å². The van der Waals surface area contributed by atoms with Gasteiger partial charge in [0.2, 0.25) is 0 Å². The number of carbonyl (C=O) groups excluding carboxylic acids is 1. The molecule has 0 atom stereocenters. The molecule has 0 saturated heterocycles. The highest BCUT2D eigenvalue weighted by Crippen LogP contribution is 2.29. The van der Waals surface area contributed by atoms with Gasteiger partial charge >= 0.3 is 11.7 Å². The van der Waals surface area contributed by atoms with Crippen LogP contribution in [0.2, 0.25) is 0 Å². The lowest BCUT2D eigenvalue weighted by molar-refractivity contribution is -0.385. The van der Waals surface area contributed by atoms with Gasteiger partial charge in [0.1, 0.15) is 11.9 Å². The van der Waals surface area contributed by atoms with Crippen LogP contribution in [0.25, 0.3) is 0 Å². The van der Waals surface area contributed by atoms with E-state index in [1.165, 1.54) is 6.92 Å². The zero-order valence-electron chi connectivity index (χ0n) is 8.04. The number of nitrogens with zero attached hydrogens (tertiary/aromatic N) is 3. The molecule has 1 fully saturated rings. The van der Waals surface area contributed by atoms with Crippen LogP contribution in [0.4, 0.5) is 5.69 Å². The van der Waals surface area contributed by atoms with Crippen molar-refractivity contribution in [3.05, 3.63) is 22.0 Å². The summed E-state index contributed by atoms with van der Waals surface area (Å²) in [5.74, 6) is -0.444. The average Bonchev–Trinajstić information content (AvgIpc) is 2.91. The molecule has 15 heavy (non-hydrogen) atoms. The number of aryl methyl sites for hydroxylation is 1. The number of aromatic nitrogens is 2. The van der Waals surface area contributed by atoms with E-state index in [2.05, 4.69) is 5.10 Å². The predicted molar refractivity (Wildman–Crippen MR) is 47.9 cm³/mol. The van der Waals surface area contributed by atoms with Gasteiger partial charge in [-0.2, -0.15) is 0 Å². The van der Waals surface area contributed by atoms with Crippen molar-refractivity contribution >= 4 is 11.7 Å². The SMILES string of the molecule is Cc1nn(OC(=O)C2CC2)cc1[N+](=O)[O-]. The molecular weight excluding hydrogens is 202 g/mol. The zero-order chi connectivity index (χ0) is 11.0. The van der Waals surface area contributed by atoms with Crippen molar-refractivity contribution in [1.82, 2.24) is 9.94 Å². The van der Waals surface area contributed by atoms with E-state index in [0.717, 1.165) is 23.9 Å². The van der Waals surface area contributed by atoms with E-state index in [4.69, 9.17) is 4.84 Å². The summed E-state index contributed by atoms with van der Waals surface area (Å²) in [6.45, 7) is 1.49. The molecule has 1 saturated carbocycles. The molecule has 0 aliphatic heterocycles. The Kier molecular flexibility index (Phi) is 2.14. The number of nitro groups is 1. The summed E-state index contributed by atoms with van der Waals surface area (Å²) in [7, 11) is 0. The van der Waals surface area contributed by atoms with Gasteiger partial charge in [0.05, 0.1) is 10.8 Å². The normalized spacial score (nSPS) is 15.0. The van der Waals surface area contributed by atoms with Crippen LogP contribution >= 0.6 is 0 Å². The Bertz CT molecular complexity index is 422. The Morgan fingerprint density at radius 3 is 2.87 bits per heavy atom. The van der Waals surface area contributed by atoms with E-state index in [-0.39, 0.29) is 23.3 Å². The predicted octanol–water partition coefficient (Wildman–Crippen LogP) is 0.465. The van der Waals surface area contributed by atoms with Crippen LogP contribution < -0.4 is 4.84 Å². The molecule has 2 rings (SSSR count). The summed E-state index contributed by atoms with van der Waals surface area (Å²) in [5.41, 5.74) is 0.0715. The van der Waals surface area contributed by atoms with E-state index in [1.54, 1.807) is 0 Å². The Morgan fingerprint density at radius 1 is 1.73 bits per heavy atom. The Hall–Kier alpha value is -1.92. The second-order valence-corrected chi connectivity index (χ2v) is 3.44. The molecule has 80 valence electrons. The molecule has 0 aromatic carbocycles. The number of carbonyl (C=O) groups is 1. The summed E-state index contributed by atoms with van der Waals surface area (Å²) in [4.78, 5) is 26.8. The first kappa shape index (κ1) is 9.63. The van der Waals surface area contributed by atoms with E-state index in [9.17, 15) is 14.9 Å². The third kappa shape index (κ3) is 1.95. The molecule has 0 N–H and O–H groups in total. The van der Waals surface area contributed by atoms with Crippen molar-refractivity contribution in [3.8, 4) is 0 Å². The van der Waals surface area contributed by atoms with Crippen molar-refractivity contribution in [2.75, 3.05) is 0 Å². The first-order valence-electron chi connectivity index (χ1n) is 4.51. The smallest absolute Gasteiger partial charge is 0.319 e. The average molecular weight is 211 g/mol. The van der Waals surface area contributed by atoms with Gasteiger partial charge in [-0.3, -0.25) is 10.1 Å². The maximum absolute atomic E-state index is 11.2. The first-order valence-corrected chi connectivity index (χ1v) is 4.51. The van der Waals surface area contributed by atoms with Gasteiger partial charge in [-0.1, -0.05) is 4.85 Å². The summed E-state index contributed by atoms with van der Waals surface area (Å²) in [5, 5.41) is 14.2. The van der Waals surface area contributed by atoms with E-state index < -0.39 is 4.92 Å². The molecule has 0 amide bonds. The summed E-state index contributed by atoms with van der Waals surface area (Å²) in [6.07, 6.45) is 2.73. The first-order chi connectivity index (χ1) is 7.08. The van der Waals surface area contributed by atoms with Gasteiger partial charge in [0.15, 0.2) is 0 Å². The van der Waals surface area contributed by atoms with Crippen LogP contribution in [0.3, 0.4) is 0 Å². The maximum Gasteiger partial charge on any atom is 0.337 e. The van der Waals surface area contributed by atoms with Crippen molar-refractivity contribution in [3.63, 3.8) is 0 Å². The molecule has 1 heterocycles. The van der Waals surface area contributed by atoms with Gasteiger partial charge in [-0.25, -0.2) is 4.79 Å². The molecule has 0 radical (unpaired) electrons. The summed E-state index contributed by atoms with van der Waals surface area (Å²) in [6, 6.07) is 0. The van der Waals surface area contributed by atoms with Crippen LogP contribution in [-0.2, 0) is 4.79 Å². The molecule has 1 aromatic rings. The molecule has 1 aliphatic rings. The zero-order valence-corrected chi connectivity index (χ0v) is 8.04. The largest absolute Gasteiger partial charge is 0.337 e. The fraction of sp³-hybridized carbons (Fsp3) is 0.500. The topological polar surface area (TPSA) is 87.3 Å². The van der Waals surface area contributed by atoms with Gasteiger partial charge in [-0.15, -0.1) is 5.10 Å². The van der Waals surface area contributed by atoms with Gasteiger partial charge < -0.3 is 4.84 Å². The Balaban J connectivity index is 2.11. The number of hydrogen-bond donors (Lipinski definition) is 0. The summed E-state index contributed by atoms with van der Waals surface area (Å²) >= 11 is 0. The minimum absolute atomic E-state index is 0.0615. The third-order valence-corrected chi connectivity index (χ3v) is 2.14. The van der Waals surface area contributed by atoms with Crippen molar-refractivity contribution in [1.29, 1.82) is 0 Å². The Morgan fingerprint density at radius 2 is 2.40 bits per heavy atom. The van der Waals surface area contributed by atoms with Crippen LogP contribution in [0.15, 0.2) is 6.20 Å². The van der Waals surface area contributed by atoms with Crippen molar-refractivity contribution in [2.24, 2.45) is 5.92 Å². The lowest BCUT2D eigenvalue weighted by Crippen LogP contribution is -2.21. The fourth-order valence-corrected chi connectivity index (χ4v) is 1.14. The van der Waals surface area contributed by atoms with Gasteiger partial charge in [-0.05, 0) is 19.8 Å². The molecule has 0 spiro atoms. The van der Waals surface area contributed by atoms with Crippen LogP contribution in [-0.4, -0.2) is 20.8 Å². The summed E-state index contributed by atoms with van der Waals surface area (Å²) < 4.78 is 0. The third-order valence-electron chi connectivity index (χ3n) is 2.14. The van der Waals surface area contributed by atoms with Crippen LogP contribution in [0, 0.1) is 23.0 Å².